The first-order valence-electron chi connectivity index (χ1n) is 9.93. The first-order chi connectivity index (χ1) is 13.9. The van der Waals surface area contributed by atoms with Crippen molar-refractivity contribution < 1.29 is 17.9 Å². The number of hydrogen-bond donors (Lipinski definition) is 2. The summed E-state index contributed by atoms with van der Waals surface area (Å²) in [4.78, 5) is 9.06. The maximum atomic E-state index is 12.1. The molecule has 1 aliphatic heterocycles. The Bertz CT molecular complexity index is 622. The van der Waals surface area contributed by atoms with E-state index in [0.29, 0.717) is 12.1 Å². The van der Waals surface area contributed by atoms with Gasteiger partial charge in [0, 0.05) is 39.8 Å². The summed E-state index contributed by atoms with van der Waals surface area (Å²) in [5, 5.41) is 6.59. The molecule has 2 rings (SSSR count). The Morgan fingerprint density at radius 1 is 1.07 bits per heavy atom. The normalized spacial score (nSPS) is 17.2. The molecule has 0 unspecified atom stereocenters. The SMILES string of the molecule is CN=C(NCCN1CCCN(C)CC1)NCc1ccc(COCC(F)(F)F)cc1. The maximum Gasteiger partial charge on any atom is 0.411 e. The van der Waals surface area contributed by atoms with Gasteiger partial charge < -0.3 is 25.2 Å². The van der Waals surface area contributed by atoms with Crippen LogP contribution in [0.5, 0.6) is 0 Å². The summed E-state index contributed by atoms with van der Waals surface area (Å²) < 4.78 is 41.0. The average molecular weight is 416 g/mol. The van der Waals surface area contributed by atoms with Crippen LogP contribution in [-0.4, -0.2) is 81.9 Å². The molecule has 1 aromatic rings. The van der Waals surface area contributed by atoms with E-state index in [-0.39, 0.29) is 6.61 Å². The van der Waals surface area contributed by atoms with Crippen LogP contribution < -0.4 is 10.6 Å². The highest BCUT2D eigenvalue weighted by Gasteiger charge is 2.27. The molecule has 0 aliphatic carbocycles. The lowest BCUT2D eigenvalue weighted by molar-refractivity contribution is -0.176. The van der Waals surface area contributed by atoms with Gasteiger partial charge in [-0.15, -0.1) is 0 Å². The Labute approximate surface area is 171 Å². The van der Waals surface area contributed by atoms with Crippen LogP contribution in [0.2, 0.25) is 0 Å². The number of aliphatic imine (C=N–C) groups is 1. The van der Waals surface area contributed by atoms with Gasteiger partial charge in [-0.2, -0.15) is 13.2 Å². The predicted octanol–water partition coefficient (Wildman–Crippen LogP) is 2.07. The summed E-state index contributed by atoms with van der Waals surface area (Å²) in [7, 11) is 3.90. The van der Waals surface area contributed by atoms with E-state index in [2.05, 4.69) is 37.2 Å². The van der Waals surface area contributed by atoms with E-state index < -0.39 is 12.8 Å². The first-order valence-corrected chi connectivity index (χ1v) is 9.93. The molecule has 0 spiro atoms. The number of ether oxygens (including phenoxy) is 1. The van der Waals surface area contributed by atoms with Crippen LogP contribution in [0.3, 0.4) is 0 Å². The minimum Gasteiger partial charge on any atom is -0.367 e. The average Bonchev–Trinajstić information content (AvgIpc) is 2.89. The van der Waals surface area contributed by atoms with Crippen LogP contribution in [0, 0.1) is 0 Å². The summed E-state index contributed by atoms with van der Waals surface area (Å²) in [5.74, 6) is 0.731. The summed E-state index contributed by atoms with van der Waals surface area (Å²) >= 11 is 0. The zero-order valence-electron chi connectivity index (χ0n) is 17.3. The number of alkyl halides is 3. The van der Waals surface area contributed by atoms with Gasteiger partial charge in [-0.05, 0) is 37.7 Å². The van der Waals surface area contributed by atoms with Gasteiger partial charge in [0.05, 0.1) is 6.61 Å². The summed E-state index contributed by atoms with van der Waals surface area (Å²) in [6, 6.07) is 7.31. The van der Waals surface area contributed by atoms with Crippen molar-refractivity contribution in [1.82, 2.24) is 20.4 Å². The van der Waals surface area contributed by atoms with Crippen molar-refractivity contribution in [2.24, 2.45) is 4.99 Å². The molecule has 1 aliphatic rings. The topological polar surface area (TPSA) is 52.1 Å². The minimum absolute atomic E-state index is 0.0528. The van der Waals surface area contributed by atoms with Gasteiger partial charge in [-0.3, -0.25) is 4.99 Å². The quantitative estimate of drug-likeness (QED) is 0.503. The van der Waals surface area contributed by atoms with Crippen LogP contribution in [-0.2, 0) is 17.9 Å². The number of guanidine groups is 1. The second-order valence-electron chi connectivity index (χ2n) is 7.28. The molecule has 164 valence electrons. The molecule has 29 heavy (non-hydrogen) atoms. The van der Waals surface area contributed by atoms with E-state index in [1.165, 1.54) is 6.42 Å². The second-order valence-corrected chi connectivity index (χ2v) is 7.28. The van der Waals surface area contributed by atoms with Crippen molar-refractivity contribution in [2.45, 2.75) is 25.7 Å². The Balaban J connectivity index is 1.66. The predicted molar refractivity (Wildman–Crippen MR) is 109 cm³/mol. The summed E-state index contributed by atoms with van der Waals surface area (Å²) in [6.45, 7) is 5.55. The second kappa shape index (κ2) is 12.0. The molecule has 0 saturated carbocycles. The van der Waals surface area contributed by atoms with Crippen molar-refractivity contribution in [3.8, 4) is 0 Å². The van der Waals surface area contributed by atoms with Gasteiger partial charge >= 0.3 is 6.18 Å². The molecule has 0 aromatic heterocycles. The van der Waals surface area contributed by atoms with Crippen molar-refractivity contribution >= 4 is 5.96 Å². The van der Waals surface area contributed by atoms with E-state index in [0.717, 1.165) is 50.8 Å². The van der Waals surface area contributed by atoms with Gasteiger partial charge in [0.2, 0.25) is 0 Å². The van der Waals surface area contributed by atoms with Crippen molar-refractivity contribution in [3.63, 3.8) is 0 Å². The van der Waals surface area contributed by atoms with Crippen LogP contribution in [0.15, 0.2) is 29.3 Å². The lowest BCUT2D eigenvalue weighted by atomic mass is 10.1. The number of hydrogen-bond acceptors (Lipinski definition) is 4. The molecular weight excluding hydrogens is 383 g/mol. The maximum absolute atomic E-state index is 12.1. The molecule has 9 heteroatoms. The fourth-order valence-electron chi connectivity index (χ4n) is 3.10. The molecule has 2 N–H and O–H groups in total. The zero-order chi connectivity index (χ0) is 21.1. The minimum atomic E-state index is -4.30. The summed E-state index contributed by atoms with van der Waals surface area (Å²) in [6.07, 6.45) is -3.10. The van der Waals surface area contributed by atoms with Crippen molar-refractivity contribution in [3.05, 3.63) is 35.4 Å². The largest absolute Gasteiger partial charge is 0.411 e. The smallest absolute Gasteiger partial charge is 0.367 e. The molecule has 0 bridgehead atoms. The third kappa shape index (κ3) is 9.96. The molecule has 1 saturated heterocycles. The lowest BCUT2D eigenvalue weighted by Gasteiger charge is -2.21. The monoisotopic (exact) mass is 415 g/mol. The van der Waals surface area contributed by atoms with Crippen LogP contribution >= 0.6 is 0 Å². The van der Waals surface area contributed by atoms with Crippen molar-refractivity contribution in [2.75, 3.05) is 60.0 Å². The molecule has 6 nitrogen and oxygen atoms in total. The van der Waals surface area contributed by atoms with Crippen LogP contribution in [0.1, 0.15) is 17.5 Å². The molecule has 0 atom stereocenters. The standard InChI is InChI=1S/C20H32F3N5O/c1-24-19(25-8-11-28-10-3-9-27(2)12-13-28)26-14-17-4-6-18(7-5-17)15-29-16-20(21,22)23/h4-7H,3,8-16H2,1-2H3,(H2,24,25,26). The molecule has 1 fully saturated rings. The summed E-state index contributed by atoms with van der Waals surface area (Å²) in [5.41, 5.74) is 1.73. The number of nitrogens with one attached hydrogen (secondary N) is 2. The molecular formula is C20H32F3N5O. The van der Waals surface area contributed by atoms with Gasteiger partial charge in [-0.25, -0.2) is 0 Å². The molecule has 1 aromatic carbocycles. The highest BCUT2D eigenvalue weighted by Crippen LogP contribution is 2.15. The Morgan fingerprint density at radius 2 is 1.79 bits per heavy atom. The van der Waals surface area contributed by atoms with Crippen LogP contribution in [0.25, 0.3) is 0 Å². The van der Waals surface area contributed by atoms with E-state index in [9.17, 15) is 13.2 Å². The number of likely N-dealkylation sites (N-methyl/N-ethyl adjacent to an activating group) is 1. The van der Waals surface area contributed by atoms with E-state index in [1.807, 2.05) is 12.1 Å². The Hall–Kier alpha value is -1.84. The van der Waals surface area contributed by atoms with E-state index >= 15 is 0 Å². The van der Waals surface area contributed by atoms with Gasteiger partial charge in [-0.1, -0.05) is 24.3 Å². The third-order valence-corrected chi connectivity index (χ3v) is 4.77. The molecule has 0 amide bonds. The van der Waals surface area contributed by atoms with Gasteiger partial charge in [0.25, 0.3) is 0 Å². The van der Waals surface area contributed by atoms with Gasteiger partial charge in [0.15, 0.2) is 5.96 Å². The highest BCUT2D eigenvalue weighted by molar-refractivity contribution is 5.79. The lowest BCUT2D eigenvalue weighted by Crippen LogP contribution is -2.42. The number of rotatable bonds is 8. The van der Waals surface area contributed by atoms with Gasteiger partial charge in [0.1, 0.15) is 6.61 Å². The zero-order valence-corrected chi connectivity index (χ0v) is 17.3. The first kappa shape index (κ1) is 23.4. The van der Waals surface area contributed by atoms with Crippen molar-refractivity contribution in [1.29, 1.82) is 0 Å². The molecule has 1 heterocycles. The van der Waals surface area contributed by atoms with Crippen LogP contribution in [0.4, 0.5) is 13.2 Å². The Morgan fingerprint density at radius 3 is 2.48 bits per heavy atom. The fraction of sp³-hybridized carbons (Fsp3) is 0.650. The Kier molecular flexibility index (Phi) is 9.69. The third-order valence-electron chi connectivity index (χ3n) is 4.77. The van der Waals surface area contributed by atoms with E-state index in [4.69, 9.17) is 0 Å². The fourth-order valence-corrected chi connectivity index (χ4v) is 3.10. The number of halogens is 3. The van der Waals surface area contributed by atoms with E-state index in [1.54, 1.807) is 19.2 Å². The number of benzene rings is 1. The number of nitrogens with zero attached hydrogens (tertiary/aromatic N) is 3. The highest BCUT2D eigenvalue weighted by atomic mass is 19.4. The molecule has 0 radical (unpaired) electrons.